The van der Waals surface area contributed by atoms with Crippen LogP contribution in [0.15, 0.2) is 58.0 Å². The Morgan fingerprint density at radius 1 is 1.07 bits per heavy atom. The van der Waals surface area contributed by atoms with E-state index >= 15 is 0 Å². The second kappa shape index (κ2) is 8.40. The van der Waals surface area contributed by atoms with Crippen LogP contribution >= 0.6 is 0 Å². The number of aryl methyl sites for hydroxylation is 4. The summed E-state index contributed by atoms with van der Waals surface area (Å²) in [5.41, 5.74) is 2.59. The highest BCUT2D eigenvalue weighted by atomic mass is 16.4. The van der Waals surface area contributed by atoms with Gasteiger partial charge in [0.25, 0.3) is 5.91 Å². The molecule has 3 rings (SSSR count). The average Bonchev–Trinajstić information content (AvgIpc) is 2.66. The van der Waals surface area contributed by atoms with Gasteiger partial charge in [-0.3, -0.25) is 14.8 Å². The van der Waals surface area contributed by atoms with Crippen molar-refractivity contribution < 1.29 is 9.21 Å². The summed E-state index contributed by atoms with van der Waals surface area (Å²) in [6, 6.07) is 11.7. The quantitative estimate of drug-likeness (QED) is 0.728. The van der Waals surface area contributed by atoms with Gasteiger partial charge in [-0.25, -0.2) is 4.79 Å². The second-order valence-electron chi connectivity index (χ2n) is 6.38. The van der Waals surface area contributed by atoms with E-state index in [9.17, 15) is 9.59 Å². The van der Waals surface area contributed by atoms with E-state index in [1.165, 1.54) is 5.56 Å². The molecule has 6 nitrogen and oxygen atoms in total. The molecule has 138 valence electrons. The number of amides is 1. The van der Waals surface area contributed by atoms with Gasteiger partial charge in [-0.2, -0.15) is 0 Å². The average molecular weight is 363 g/mol. The molecule has 1 amide bonds. The van der Waals surface area contributed by atoms with Crippen LogP contribution in [0.1, 0.15) is 38.6 Å². The van der Waals surface area contributed by atoms with Crippen LogP contribution in [-0.2, 0) is 19.4 Å². The molecule has 0 fully saturated rings. The first kappa shape index (κ1) is 18.5. The van der Waals surface area contributed by atoms with Crippen LogP contribution in [0.4, 0.5) is 0 Å². The lowest BCUT2D eigenvalue weighted by atomic mass is 10.1. The van der Waals surface area contributed by atoms with Gasteiger partial charge in [0, 0.05) is 12.6 Å². The number of carbonyl (C=O) groups is 1. The fourth-order valence-corrected chi connectivity index (χ4v) is 2.75. The SMILES string of the molecule is Cc1cnc(CNC(=O)c2c(C)cc(CCc3ccccc3)oc2=O)cn1. The maximum Gasteiger partial charge on any atom is 0.349 e. The van der Waals surface area contributed by atoms with Crippen LogP contribution in [0.3, 0.4) is 0 Å². The smallest absolute Gasteiger partial charge is 0.349 e. The van der Waals surface area contributed by atoms with Crippen molar-refractivity contribution >= 4 is 5.91 Å². The lowest BCUT2D eigenvalue weighted by Crippen LogP contribution is -2.29. The summed E-state index contributed by atoms with van der Waals surface area (Å²) >= 11 is 0. The van der Waals surface area contributed by atoms with E-state index in [1.807, 2.05) is 37.3 Å². The molecule has 2 heterocycles. The standard InChI is InChI=1S/C21H21N3O3/c1-14-10-18(9-8-16-6-4-3-5-7-16)27-21(26)19(14)20(25)24-13-17-12-22-15(2)11-23-17/h3-7,10-12H,8-9,13H2,1-2H3,(H,24,25). The van der Waals surface area contributed by atoms with Gasteiger partial charge < -0.3 is 9.73 Å². The highest BCUT2D eigenvalue weighted by Crippen LogP contribution is 2.11. The number of hydrogen-bond acceptors (Lipinski definition) is 5. The third kappa shape index (κ3) is 4.88. The molecule has 1 N–H and O–H groups in total. The van der Waals surface area contributed by atoms with E-state index < -0.39 is 11.5 Å². The van der Waals surface area contributed by atoms with Gasteiger partial charge >= 0.3 is 5.63 Å². The highest BCUT2D eigenvalue weighted by molar-refractivity contribution is 5.95. The lowest BCUT2D eigenvalue weighted by Gasteiger charge is -2.08. The van der Waals surface area contributed by atoms with Crippen molar-refractivity contribution in [1.82, 2.24) is 15.3 Å². The van der Waals surface area contributed by atoms with E-state index in [0.29, 0.717) is 23.4 Å². The molecule has 0 spiro atoms. The number of carbonyl (C=O) groups excluding carboxylic acids is 1. The van der Waals surface area contributed by atoms with Gasteiger partial charge in [0.2, 0.25) is 0 Å². The topological polar surface area (TPSA) is 85.1 Å². The molecule has 6 heteroatoms. The van der Waals surface area contributed by atoms with Crippen LogP contribution < -0.4 is 10.9 Å². The summed E-state index contributed by atoms with van der Waals surface area (Å²) in [5.74, 6) is 0.0977. The molecule has 27 heavy (non-hydrogen) atoms. The number of benzene rings is 1. The summed E-state index contributed by atoms with van der Waals surface area (Å²) in [4.78, 5) is 33.0. The minimum atomic E-state index is -0.620. The largest absolute Gasteiger partial charge is 0.427 e. The summed E-state index contributed by atoms with van der Waals surface area (Å²) in [6.45, 7) is 3.77. The van der Waals surface area contributed by atoms with Gasteiger partial charge in [0.1, 0.15) is 11.3 Å². The zero-order chi connectivity index (χ0) is 19.2. The zero-order valence-corrected chi connectivity index (χ0v) is 15.4. The van der Waals surface area contributed by atoms with Crippen molar-refractivity contribution in [3.63, 3.8) is 0 Å². The third-order valence-electron chi connectivity index (χ3n) is 4.19. The Morgan fingerprint density at radius 3 is 2.52 bits per heavy atom. The van der Waals surface area contributed by atoms with Gasteiger partial charge in [0.15, 0.2) is 0 Å². The molecule has 0 atom stereocenters. The van der Waals surface area contributed by atoms with E-state index in [0.717, 1.165) is 12.1 Å². The van der Waals surface area contributed by atoms with Crippen molar-refractivity contribution in [2.75, 3.05) is 0 Å². The molecule has 0 saturated heterocycles. The first-order valence-corrected chi connectivity index (χ1v) is 8.76. The molecule has 0 radical (unpaired) electrons. The fraction of sp³-hybridized carbons (Fsp3) is 0.238. The predicted molar refractivity (Wildman–Crippen MR) is 102 cm³/mol. The predicted octanol–water partition coefficient (Wildman–Crippen LogP) is 2.76. The number of nitrogens with one attached hydrogen (secondary N) is 1. The monoisotopic (exact) mass is 363 g/mol. The minimum Gasteiger partial charge on any atom is -0.427 e. The lowest BCUT2D eigenvalue weighted by molar-refractivity contribution is 0.0945. The van der Waals surface area contributed by atoms with Crippen LogP contribution in [0.2, 0.25) is 0 Å². The highest BCUT2D eigenvalue weighted by Gasteiger charge is 2.17. The molecule has 0 aliphatic heterocycles. The minimum absolute atomic E-state index is 0.0264. The summed E-state index contributed by atoms with van der Waals surface area (Å²) in [5, 5.41) is 2.69. The molecular weight excluding hydrogens is 342 g/mol. The van der Waals surface area contributed by atoms with Crippen LogP contribution in [0.25, 0.3) is 0 Å². The maximum absolute atomic E-state index is 12.4. The van der Waals surface area contributed by atoms with E-state index in [2.05, 4.69) is 15.3 Å². The van der Waals surface area contributed by atoms with Gasteiger partial charge in [-0.05, 0) is 37.5 Å². The zero-order valence-electron chi connectivity index (χ0n) is 15.4. The van der Waals surface area contributed by atoms with Crippen LogP contribution in [-0.4, -0.2) is 15.9 Å². The Morgan fingerprint density at radius 2 is 1.85 bits per heavy atom. The molecule has 1 aromatic carbocycles. The Kier molecular flexibility index (Phi) is 5.76. The molecule has 0 saturated carbocycles. The van der Waals surface area contributed by atoms with Gasteiger partial charge in [-0.15, -0.1) is 0 Å². The Bertz CT molecular complexity index is 980. The first-order valence-electron chi connectivity index (χ1n) is 8.76. The van der Waals surface area contributed by atoms with Crippen LogP contribution in [0, 0.1) is 13.8 Å². The van der Waals surface area contributed by atoms with Gasteiger partial charge in [0.05, 0.1) is 24.1 Å². The number of rotatable bonds is 6. The van der Waals surface area contributed by atoms with Crippen molar-refractivity contribution in [2.45, 2.75) is 33.2 Å². The molecule has 0 aliphatic rings. The summed E-state index contributed by atoms with van der Waals surface area (Å²) in [6.07, 6.45) is 4.59. The third-order valence-corrected chi connectivity index (χ3v) is 4.19. The molecule has 0 aliphatic carbocycles. The van der Waals surface area contributed by atoms with Crippen molar-refractivity contribution in [3.05, 3.63) is 93.1 Å². The summed E-state index contributed by atoms with van der Waals surface area (Å²) in [7, 11) is 0. The second-order valence-corrected chi connectivity index (χ2v) is 6.38. The van der Waals surface area contributed by atoms with Crippen molar-refractivity contribution in [1.29, 1.82) is 0 Å². The Hall–Kier alpha value is -3.28. The molecule has 0 unspecified atom stereocenters. The fourth-order valence-electron chi connectivity index (χ4n) is 2.75. The number of hydrogen-bond donors (Lipinski definition) is 1. The molecule has 0 bridgehead atoms. The molecule has 2 aromatic heterocycles. The van der Waals surface area contributed by atoms with E-state index in [1.54, 1.807) is 25.4 Å². The van der Waals surface area contributed by atoms with Crippen molar-refractivity contribution in [2.24, 2.45) is 0 Å². The van der Waals surface area contributed by atoms with Gasteiger partial charge in [-0.1, -0.05) is 30.3 Å². The summed E-state index contributed by atoms with van der Waals surface area (Å²) < 4.78 is 5.36. The molecule has 3 aromatic rings. The molecular formula is C21H21N3O3. The Balaban J connectivity index is 1.67. The Labute approximate surface area is 157 Å². The maximum atomic E-state index is 12.4. The van der Waals surface area contributed by atoms with Crippen LogP contribution in [0.5, 0.6) is 0 Å². The normalized spacial score (nSPS) is 10.6. The van der Waals surface area contributed by atoms with E-state index in [4.69, 9.17) is 4.42 Å². The van der Waals surface area contributed by atoms with E-state index in [-0.39, 0.29) is 12.1 Å². The first-order chi connectivity index (χ1) is 13.0. The number of nitrogens with zero attached hydrogens (tertiary/aromatic N) is 2. The van der Waals surface area contributed by atoms with Crippen molar-refractivity contribution in [3.8, 4) is 0 Å². The number of aromatic nitrogens is 2.